The number of anilines is 1. The van der Waals surface area contributed by atoms with E-state index in [2.05, 4.69) is 20.8 Å². The summed E-state index contributed by atoms with van der Waals surface area (Å²) in [5, 5.41) is 0. The molecular weight excluding hydrogens is 285 g/mol. The zero-order chi connectivity index (χ0) is 15.7. The lowest BCUT2D eigenvalue weighted by molar-refractivity contribution is -0.137. The van der Waals surface area contributed by atoms with Gasteiger partial charge in [-0.3, -0.25) is 0 Å². The Morgan fingerprint density at radius 3 is 2.20 bits per heavy atom. The number of nitrogens with two attached hydrogens (primary N) is 1. The van der Waals surface area contributed by atoms with Crippen molar-refractivity contribution in [2.75, 3.05) is 18.5 Å². The molecule has 0 saturated carbocycles. The van der Waals surface area contributed by atoms with Gasteiger partial charge in [-0.15, -0.1) is 0 Å². The van der Waals surface area contributed by atoms with Crippen molar-refractivity contribution in [1.29, 1.82) is 0 Å². The molecule has 1 aromatic carbocycles. The highest BCUT2D eigenvalue weighted by atomic mass is 32.1. The van der Waals surface area contributed by atoms with Crippen molar-refractivity contribution in [3.8, 4) is 0 Å². The van der Waals surface area contributed by atoms with E-state index in [9.17, 15) is 13.2 Å². The van der Waals surface area contributed by atoms with E-state index in [4.69, 9.17) is 18.0 Å². The third kappa shape index (κ3) is 4.37. The largest absolute Gasteiger partial charge is 0.417 e. The summed E-state index contributed by atoms with van der Waals surface area (Å²) in [6.07, 6.45) is -4.46. The van der Waals surface area contributed by atoms with Crippen molar-refractivity contribution in [1.82, 2.24) is 0 Å². The van der Waals surface area contributed by atoms with Crippen molar-refractivity contribution in [2.45, 2.75) is 26.9 Å². The van der Waals surface area contributed by atoms with Crippen LogP contribution in [0.2, 0.25) is 0 Å². The van der Waals surface area contributed by atoms with Crippen molar-refractivity contribution in [2.24, 2.45) is 11.1 Å². The third-order valence-electron chi connectivity index (χ3n) is 2.73. The molecule has 0 spiro atoms. The van der Waals surface area contributed by atoms with Crippen molar-refractivity contribution >= 4 is 22.9 Å². The van der Waals surface area contributed by atoms with Gasteiger partial charge in [-0.2, -0.15) is 13.2 Å². The molecular formula is C14H19F3N2S. The molecule has 20 heavy (non-hydrogen) atoms. The summed E-state index contributed by atoms with van der Waals surface area (Å²) in [5.74, 6) is 0. The number of hydrogen-bond acceptors (Lipinski definition) is 2. The minimum Gasteiger partial charge on any atom is -0.389 e. The fourth-order valence-corrected chi connectivity index (χ4v) is 2.19. The predicted molar refractivity (Wildman–Crippen MR) is 80.1 cm³/mol. The van der Waals surface area contributed by atoms with Crippen molar-refractivity contribution in [3.63, 3.8) is 0 Å². The van der Waals surface area contributed by atoms with Crippen LogP contribution in [0, 0.1) is 5.41 Å². The summed E-state index contributed by atoms with van der Waals surface area (Å²) >= 11 is 4.73. The Hall–Kier alpha value is -1.30. The van der Waals surface area contributed by atoms with Crippen LogP contribution >= 0.6 is 12.2 Å². The van der Waals surface area contributed by atoms with Gasteiger partial charge >= 0.3 is 6.18 Å². The highest BCUT2D eigenvalue weighted by molar-refractivity contribution is 7.80. The lowest BCUT2D eigenvalue weighted by Crippen LogP contribution is -2.29. The van der Waals surface area contributed by atoms with Crippen LogP contribution in [0.25, 0.3) is 0 Å². The quantitative estimate of drug-likeness (QED) is 0.861. The second-order valence-corrected chi connectivity index (χ2v) is 6.45. The average molecular weight is 304 g/mol. The summed E-state index contributed by atoms with van der Waals surface area (Å²) in [4.78, 5) is 1.64. The predicted octanol–water partition coefficient (Wildman–Crippen LogP) is 3.82. The van der Waals surface area contributed by atoms with E-state index in [1.807, 2.05) is 11.9 Å². The molecule has 0 amide bonds. The Bertz CT molecular complexity index is 504. The highest BCUT2D eigenvalue weighted by Gasteiger charge is 2.34. The molecule has 6 heteroatoms. The fourth-order valence-electron chi connectivity index (χ4n) is 2.02. The molecule has 2 N–H and O–H groups in total. The number of rotatable bonds is 3. The zero-order valence-electron chi connectivity index (χ0n) is 12.0. The summed E-state index contributed by atoms with van der Waals surface area (Å²) in [6.45, 7) is 6.88. The molecule has 1 rings (SSSR count). The van der Waals surface area contributed by atoms with E-state index in [0.29, 0.717) is 12.2 Å². The molecule has 0 radical (unpaired) electrons. The van der Waals surface area contributed by atoms with Gasteiger partial charge in [0.1, 0.15) is 4.99 Å². The molecule has 0 aliphatic heterocycles. The van der Waals surface area contributed by atoms with Crippen LogP contribution in [-0.2, 0) is 6.18 Å². The van der Waals surface area contributed by atoms with Gasteiger partial charge in [0.25, 0.3) is 0 Å². The van der Waals surface area contributed by atoms with Gasteiger partial charge in [0.05, 0.1) is 5.56 Å². The third-order valence-corrected chi connectivity index (χ3v) is 2.95. The lowest BCUT2D eigenvalue weighted by Gasteiger charge is -2.29. The number of alkyl halides is 3. The second-order valence-electron chi connectivity index (χ2n) is 6.01. The van der Waals surface area contributed by atoms with E-state index in [1.165, 1.54) is 12.1 Å². The van der Waals surface area contributed by atoms with Crippen LogP contribution in [-0.4, -0.2) is 18.6 Å². The van der Waals surface area contributed by atoms with E-state index in [1.54, 1.807) is 0 Å². The van der Waals surface area contributed by atoms with Crippen molar-refractivity contribution in [3.05, 3.63) is 29.3 Å². The Kier molecular flexibility index (Phi) is 4.69. The molecule has 0 aliphatic carbocycles. The molecule has 1 aromatic rings. The topological polar surface area (TPSA) is 29.3 Å². The first kappa shape index (κ1) is 16.8. The minimum absolute atomic E-state index is 0.0286. The summed E-state index contributed by atoms with van der Waals surface area (Å²) in [7, 11) is 1.83. The molecule has 0 bridgehead atoms. The average Bonchev–Trinajstić information content (AvgIpc) is 2.24. The molecule has 0 unspecified atom stereocenters. The highest BCUT2D eigenvalue weighted by Crippen LogP contribution is 2.34. The van der Waals surface area contributed by atoms with Crippen LogP contribution in [0.15, 0.2) is 18.2 Å². The van der Waals surface area contributed by atoms with Crippen LogP contribution in [0.1, 0.15) is 31.9 Å². The first-order chi connectivity index (χ1) is 8.92. The van der Waals surface area contributed by atoms with Crippen LogP contribution in [0.3, 0.4) is 0 Å². The van der Waals surface area contributed by atoms with Gasteiger partial charge in [-0.05, 0) is 23.6 Å². The molecule has 0 saturated heterocycles. The van der Waals surface area contributed by atoms with Gasteiger partial charge in [-0.25, -0.2) is 0 Å². The van der Waals surface area contributed by atoms with Crippen molar-refractivity contribution < 1.29 is 13.2 Å². The molecule has 0 aliphatic rings. The maximum atomic E-state index is 12.9. The number of hydrogen-bond donors (Lipinski definition) is 1. The van der Waals surface area contributed by atoms with Gasteiger partial charge in [-0.1, -0.05) is 33.0 Å². The number of nitrogens with zero attached hydrogens (tertiary/aromatic N) is 1. The van der Waals surface area contributed by atoms with E-state index in [0.717, 1.165) is 6.07 Å². The second kappa shape index (κ2) is 5.60. The Labute approximate surface area is 122 Å². The first-order valence-electron chi connectivity index (χ1n) is 6.14. The normalized spacial score (nSPS) is 12.3. The van der Waals surface area contributed by atoms with Gasteiger partial charge in [0.15, 0.2) is 0 Å². The maximum absolute atomic E-state index is 12.9. The van der Waals surface area contributed by atoms with E-state index in [-0.39, 0.29) is 16.0 Å². The van der Waals surface area contributed by atoms with Crippen LogP contribution < -0.4 is 10.6 Å². The number of halogens is 3. The number of benzene rings is 1. The fraction of sp³-hybridized carbons (Fsp3) is 0.500. The smallest absolute Gasteiger partial charge is 0.389 e. The SMILES string of the molecule is CN(CC(C)(C)C)c1ccc(C(F)(F)F)c(C(N)=S)c1. The van der Waals surface area contributed by atoms with E-state index < -0.39 is 11.7 Å². The molecule has 0 aromatic heterocycles. The van der Waals surface area contributed by atoms with Crippen LogP contribution in [0.5, 0.6) is 0 Å². The standard InChI is InChI=1S/C14H19F3N2S/c1-13(2,3)8-19(4)9-5-6-11(14(15,16)17)10(7-9)12(18)20/h5-7H,8H2,1-4H3,(H2,18,20). The summed E-state index contributed by atoms with van der Waals surface area (Å²) in [5.41, 5.74) is 5.18. The zero-order valence-corrected chi connectivity index (χ0v) is 12.8. The minimum atomic E-state index is -4.46. The summed E-state index contributed by atoms with van der Waals surface area (Å²) < 4.78 is 38.7. The van der Waals surface area contributed by atoms with Gasteiger partial charge in [0.2, 0.25) is 0 Å². The summed E-state index contributed by atoms with van der Waals surface area (Å²) in [6, 6.07) is 3.87. The monoisotopic (exact) mass is 304 g/mol. The molecule has 112 valence electrons. The first-order valence-corrected chi connectivity index (χ1v) is 6.55. The molecule has 2 nitrogen and oxygen atoms in total. The molecule has 0 fully saturated rings. The Morgan fingerprint density at radius 2 is 1.80 bits per heavy atom. The van der Waals surface area contributed by atoms with E-state index >= 15 is 0 Å². The Morgan fingerprint density at radius 1 is 1.25 bits per heavy atom. The maximum Gasteiger partial charge on any atom is 0.417 e. The molecule has 0 atom stereocenters. The number of thiocarbonyl (C=S) groups is 1. The van der Waals surface area contributed by atoms with Gasteiger partial charge < -0.3 is 10.6 Å². The van der Waals surface area contributed by atoms with Gasteiger partial charge in [0, 0.05) is 24.8 Å². The lowest BCUT2D eigenvalue weighted by atomic mass is 9.95. The molecule has 0 heterocycles. The Balaban J connectivity index is 3.21. The van der Waals surface area contributed by atoms with Crippen LogP contribution in [0.4, 0.5) is 18.9 Å².